The summed E-state index contributed by atoms with van der Waals surface area (Å²) in [5.41, 5.74) is 7.33. The first-order valence-electron chi connectivity index (χ1n) is 11.4. The van der Waals surface area contributed by atoms with Crippen LogP contribution in [0.25, 0.3) is 33.9 Å². The molecule has 3 heteroatoms. The third kappa shape index (κ3) is 4.02. The summed E-state index contributed by atoms with van der Waals surface area (Å²) in [6.45, 7) is 2.01. The van der Waals surface area contributed by atoms with Gasteiger partial charge in [0, 0.05) is 22.2 Å². The van der Waals surface area contributed by atoms with E-state index in [0.717, 1.165) is 44.5 Å². The molecule has 0 spiro atoms. The van der Waals surface area contributed by atoms with Crippen LogP contribution in [-0.2, 0) is 0 Å². The van der Waals surface area contributed by atoms with Crippen LogP contribution >= 0.6 is 0 Å². The maximum Gasteiger partial charge on any atom is 0.125 e. The van der Waals surface area contributed by atoms with Crippen LogP contribution in [0.4, 0.5) is 0 Å². The highest BCUT2D eigenvalue weighted by Gasteiger charge is 2.19. The van der Waals surface area contributed by atoms with Gasteiger partial charge in [0.25, 0.3) is 0 Å². The molecule has 1 aromatic heterocycles. The lowest BCUT2D eigenvalue weighted by Crippen LogP contribution is -1.99. The number of para-hydroxylation sites is 2. The number of aliphatic hydroxyl groups is 1. The largest absolute Gasteiger partial charge is 0.496 e. The molecule has 168 valence electrons. The maximum absolute atomic E-state index is 11.1. The Morgan fingerprint density at radius 2 is 1.50 bits per heavy atom. The first-order chi connectivity index (χ1) is 16.7. The number of aromatic nitrogens is 1. The monoisotopic (exact) mass is 445 g/mol. The van der Waals surface area contributed by atoms with Crippen LogP contribution in [0.15, 0.2) is 109 Å². The SMILES string of the molecule is COc1cc(C)ccc1C(O)/C=C/c1c(-c2ccccc2)n(-c2ccccc2)c2ccccc12. The van der Waals surface area contributed by atoms with Gasteiger partial charge < -0.3 is 14.4 Å². The lowest BCUT2D eigenvalue weighted by atomic mass is 10.0. The van der Waals surface area contributed by atoms with E-state index in [9.17, 15) is 5.11 Å². The fourth-order valence-electron chi connectivity index (χ4n) is 4.51. The van der Waals surface area contributed by atoms with Crippen LogP contribution in [0, 0.1) is 6.92 Å². The number of methoxy groups -OCH3 is 1. The van der Waals surface area contributed by atoms with Gasteiger partial charge in [0.1, 0.15) is 11.9 Å². The number of benzene rings is 4. The van der Waals surface area contributed by atoms with Crippen molar-refractivity contribution in [3.63, 3.8) is 0 Å². The highest BCUT2D eigenvalue weighted by atomic mass is 16.5. The summed E-state index contributed by atoms with van der Waals surface area (Å²) in [6, 6.07) is 35.1. The fraction of sp³-hybridized carbons (Fsp3) is 0.0968. The van der Waals surface area contributed by atoms with Crippen LogP contribution < -0.4 is 4.74 Å². The van der Waals surface area contributed by atoms with Gasteiger partial charge in [0.05, 0.1) is 18.3 Å². The number of fused-ring (bicyclic) bond motifs is 1. The predicted molar refractivity (Wildman–Crippen MR) is 140 cm³/mol. The Kier molecular flexibility index (Phi) is 6.03. The molecule has 1 heterocycles. The Balaban J connectivity index is 1.71. The topological polar surface area (TPSA) is 34.4 Å². The molecular formula is C31H27NO2. The second kappa shape index (κ2) is 9.42. The van der Waals surface area contributed by atoms with Crippen molar-refractivity contribution in [3.05, 3.63) is 126 Å². The molecule has 0 aliphatic rings. The van der Waals surface area contributed by atoms with Gasteiger partial charge >= 0.3 is 0 Å². The molecule has 1 N–H and O–H groups in total. The summed E-state index contributed by atoms with van der Waals surface area (Å²) in [5, 5.41) is 12.2. The smallest absolute Gasteiger partial charge is 0.125 e. The highest BCUT2D eigenvalue weighted by molar-refractivity contribution is 5.99. The zero-order valence-corrected chi connectivity index (χ0v) is 19.3. The Bertz CT molecular complexity index is 1450. The fourth-order valence-corrected chi connectivity index (χ4v) is 4.51. The van der Waals surface area contributed by atoms with Crippen molar-refractivity contribution in [2.45, 2.75) is 13.0 Å². The predicted octanol–water partition coefficient (Wildman–Crippen LogP) is 7.36. The highest BCUT2D eigenvalue weighted by Crippen LogP contribution is 2.38. The van der Waals surface area contributed by atoms with Crippen molar-refractivity contribution in [3.8, 4) is 22.7 Å². The summed E-state index contributed by atoms with van der Waals surface area (Å²) < 4.78 is 7.82. The van der Waals surface area contributed by atoms with Gasteiger partial charge in [-0.2, -0.15) is 0 Å². The number of aryl methyl sites for hydroxylation is 1. The first kappa shape index (κ1) is 21.7. The van der Waals surface area contributed by atoms with Crippen molar-refractivity contribution in [2.75, 3.05) is 7.11 Å². The number of nitrogens with zero attached hydrogens (tertiary/aromatic N) is 1. The van der Waals surface area contributed by atoms with Crippen LogP contribution in [0.3, 0.4) is 0 Å². The molecule has 0 fully saturated rings. The number of rotatable bonds is 6. The molecule has 34 heavy (non-hydrogen) atoms. The van der Waals surface area contributed by atoms with Gasteiger partial charge in [-0.15, -0.1) is 0 Å². The molecule has 5 rings (SSSR count). The molecule has 0 radical (unpaired) electrons. The van der Waals surface area contributed by atoms with Crippen molar-refractivity contribution >= 4 is 17.0 Å². The lowest BCUT2D eigenvalue weighted by molar-refractivity contribution is 0.223. The third-order valence-corrected chi connectivity index (χ3v) is 6.13. The zero-order valence-electron chi connectivity index (χ0n) is 19.3. The molecule has 0 aliphatic heterocycles. The second-order valence-electron chi connectivity index (χ2n) is 8.37. The molecule has 0 saturated carbocycles. The molecule has 3 nitrogen and oxygen atoms in total. The van der Waals surface area contributed by atoms with E-state index in [0.29, 0.717) is 5.75 Å². The third-order valence-electron chi connectivity index (χ3n) is 6.13. The van der Waals surface area contributed by atoms with Crippen LogP contribution in [0.5, 0.6) is 5.75 Å². The molecule has 4 aromatic carbocycles. The molecule has 0 aliphatic carbocycles. The van der Waals surface area contributed by atoms with Crippen molar-refractivity contribution in [1.29, 1.82) is 0 Å². The van der Waals surface area contributed by atoms with Gasteiger partial charge in [-0.1, -0.05) is 91.0 Å². The standard InChI is InChI=1S/C31H27NO2/c1-22-17-18-27(30(21-22)34-2)29(33)20-19-26-25-15-9-10-16-28(25)32(24-13-7-4-8-14-24)31(26)23-11-5-3-6-12-23/h3-21,29,33H,1-2H3/b20-19+. The Hall–Kier alpha value is -4.08. The summed E-state index contributed by atoms with van der Waals surface area (Å²) in [6.07, 6.45) is 3.09. The van der Waals surface area contributed by atoms with E-state index in [4.69, 9.17) is 4.74 Å². The van der Waals surface area contributed by atoms with Gasteiger partial charge in [-0.25, -0.2) is 0 Å². The minimum absolute atomic E-state index is 0.687. The summed E-state index contributed by atoms with van der Waals surface area (Å²) in [5.74, 6) is 0.687. The van der Waals surface area contributed by atoms with E-state index in [-0.39, 0.29) is 0 Å². The van der Waals surface area contributed by atoms with E-state index >= 15 is 0 Å². The zero-order chi connectivity index (χ0) is 23.5. The Morgan fingerprint density at radius 1 is 0.824 bits per heavy atom. The van der Waals surface area contributed by atoms with E-state index in [2.05, 4.69) is 77.4 Å². The van der Waals surface area contributed by atoms with Crippen LogP contribution in [0.2, 0.25) is 0 Å². The number of hydrogen-bond acceptors (Lipinski definition) is 2. The molecule has 1 unspecified atom stereocenters. The van der Waals surface area contributed by atoms with E-state index < -0.39 is 6.10 Å². The van der Waals surface area contributed by atoms with E-state index in [1.165, 1.54) is 0 Å². The first-order valence-corrected chi connectivity index (χ1v) is 11.4. The average molecular weight is 446 g/mol. The van der Waals surface area contributed by atoms with Gasteiger partial charge in [0.2, 0.25) is 0 Å². The molecule has 0 bridgehead atoms. The quantitative estimate of drug-likeness (QED) is 0.296. The van der Waals surface area contributed by atoms with Gasteiger partial charge in [0.15, 0.2) is 0 Å². The van der Waals surface area contributed by atoms with Crippen molar-refractivity contribution in [1.82, 2.24) is 4.57 Å². The molecular weight excluding hydrogens is 418 g/mol. The summed E-state index contributed by atoms with van der Waals surface area (Å²) in [7, 11) is 1.63. The van der Waals surface area contributed by atoms with E-state index in [1.54, 1.807) is 7.11 Å². The summed E-state index contributed by atoms with van der Waals surface area (Å²) >= 11 is 0. The molecule has 0 amide bonds. The minimum Gasteiger partial charge on any atom is -0.496 e. The number of hydrogen-bond donors (Lipinski definition) is 1. The average Bonchev–Trinajstić information content (AvgIpc) is 3.22. The minimum atomic E-state index is -0.794. The van der Waals surface area contributed by atoms with Crippen molar-refractivity contribution in [2.24, 2.45) is 0 Å². The van der Waals surface area contributed by atoms with Crippen LogP contribution in [0.1, 0.15) is 22.8 Å². The van der Waals surface area contributed by atoms with Crippen molar-refractivity contribution < 1.29 is 9.84 Å². The second-order valence-corrected chi connectivity index (χ2v) is 8.37. The Labute approximate surface area is 200 Å². The summed E-state index contributed by atoms with van der Waals surface area (Å²) in [4.78, 5) is 0. The molecule has 5 aromatic rings. The molecule has 0 saturated heterocycles. The van der Waals surface area contributed by atoms with E-state index in [1.807, 2.05) is 49.4 Å². The normalized spacial score (nSPS) is 12.3. The van der Waals surface area contributed by atoms with Crippen LogP contribution in [-0.4, -0.2) is 16.8 Å². The number of aliphatic hydroxyl groups excluding tert-OH is 1. The lowest BCUT2D eigenvalue weighted by Gasteiger charge is -2.13. The number of ether oxygens (including phenoxy) is 1. The van der Waals surface area contributed by atoms with Gasteiger partial charge in [-0.3, -0.25) is 0 Å². The molecule has 1 atom stereocenters. The Morgan fingerprint density at radius 3 is 2.24 bits per heavy atom. The van der Waals surface area contributed by atoms with Gasteiger partial charge in [-0.05, 0) is 42.3 Å². The maximum atomic E-state index is 11.1.